The van der Waals surface area contributed by atoms with Crippen molar-refractivity contribution in [3.05, 3.63) is 23.8 Å². The van der Waals surface area contributed by atoms with Crippen molar-refractivity contribution in [3.8, 4) is 5.88 Å². The van der Waals surface area contributed by atoms with Gasteiger partial charge in [-0.05, 0) is 13.8 Å². The minimum Gasteiger partial charge on any atom is -0.379 e. The van der Waals surface area contributed by atoms with Crippen molar-refractivity contribution in [2.24, 2.45) is 0 Å². The van der Waals surface area contributed by atoms with Gasteiger partial charge in [-0.25, -0.2) is 9.97 Å². The highest BCUT2D eigenvalue weighted by atomic mass is 32.2. The number of rotatable bonds is 4. The first-order chi connectivity index (χ1) is 8.93. The molecule has 0 spiro atoms. The first-order valence-electron chi connectivity index (χ1n) is 5.31. The molecule has 5 nitrogen and oxygen atoms in total. The summed E-state index contributed by atoms with van der Waals surface area (Å²) in [6.45, 7) is 3.86. The zero-order valence-corrected chi connectivity index (χ0v) is 10.9. The van der Waals surface area contributed by atoms with E-state index in [4.69, 9.17) is 8.37 Å². The molecule has 0 atom stereocenters. The van der Waals surface area contributed by atoms with E-state index in [0.29, 0.717) is 12.3 Å². The smallest absolute Gasteiger partial charge is 0.379 e. The lowest BCUT2D eigenvalue weighted by molar-refractivity contribution is -0.141. The van der Waals surface area contributed by atoms with Gasteiger partial charge >= 0.3 is 6.18 Å². The topological polar surface area (TPSA) is 48.7 Å². The van der Waals surface area contributed by atoms with Crippen molar-refractivity contribution in [2.75, 3.05) is 6.61 Å². The van der Waals surface area contributed by atoms with Gasteiger partial charge in [0, 0.05) is 6.07 Å². The maximum Gasteiger partial charge on any atom is 0.433 e. The molecule has 0 aliphatic rings. The van der Waals surface area contributed by atoms with Gasteiger partial charge in [-0.1, -0.05) is 0 Å². The Bertz CT molecular complexity index is 585. The van der Waals surface area contributed by atoms with E-state index in [1.165, 1.54) is 4.40 Å². The van der Waals surface area contributed by atoms with Gasteiger partial charge in [0.25, 0.3) is 0 Å². The molecular weight excluding hydrogens is 283 g/mol. The molecule has 0 bridgehead atoms. The quantitative estimate of drug-likeness (QED) is 0.640. The maximum atomic E-state index is 12.5. The Kier molecular flexibility index (Phi) is 3.85. The normalized spacial score (nSPS) is 12.1. The van der Waals surface area contributed by atoms with E-state index in [2.05, 4.69) is 9.97 Å². The molecule has 9 heteroatoms. The van der Waals surface area contributed by atoms with Crippen LogP contribution in [-0.4, -0.2) is 21.0 Å². The third-order valence-electron chi connectivity index (χ3n) is 2.20. The monoisotopic (exact) mass is 293 g/mol. The zero-order valence-electron chi connectivity index (χ0n) is 10.1. The van der Waals surface area contributed by atoms with Gasteiger partial charge in [0.05, 0.1) is 6.61 Å². The minimum atomic E-state index is -4.50. The summed E-state index contributed by atoms with van der Waals surface area (Å²) in [7, 11) is 0. The number of halogens is 3. The molecule has 0 aliphatic heterocycles. The van der Waals surface area contributed by atoms with Crippen molar-refractivity contribution in [1.82, 2.24) is 14.4 Å². The predicted molar refractivity (Wildman–Crippen MR) is 62.6 cm³/mol. The van der Waals surface area contributed by atoms with Crippen LogP contribution in [0, 0.1) is 6.92 Å². The van der Waals surface area contributed by atoms with Crippen molar-refractivity contribution in [1.29, 1.82) is 0 Å². The van der Waals surface area contributed by atoms with Crippen LogP contribution in [0.1, 0.15) is 18.3 Å². The molecule has 0 aromatic carbocycles. The van der Waals surface area contributed by atoms with Crippen LogP contribution in [0.2, 0.25) is 0 Å². The van der Waals surface area contributed by atoms with E-state index < -0.39 is 11.9 Å². The second-order valence-electron chi connectivity index (χ2n) is 3.56. The van der Waals surface area contributed by atoms with Crippen molar-refractivity contribution in [3.63, 3.8) is 0 Å². The van der Waals surface area contributed by atoms with E-state index >= 15 is 0 Å². The molecule has 2 rings (SSSR count). The number of fused-ring (bicyclic) bond motifs is 1. The van der Waals surface area contributed by atoms with Gasteiger partial charge in [0.15, 0.2) is 0 Å². The average Bonchev–Trinajstić information content (AvgIpc) is 2.64. The predicted octanol–water partition coefficient (Wildman–Crippen LogP) is 3.04. The summed E-state index contributed by atoms with van der Waals surface area (Å²) in [5.41, 5.74) is -0.422. The molecule has 2 heterocycles. The van der Waals surface area contributed by atoms with Gasteiger partial charge in [-0.3, -0.25) is 8.58 Å². The summed E-state index contributed by atoms with van der Waals surface area (Å²) in [5.74, 6) is 0.287. The van der Waals surface area contributed by atoms with E-state index in [0.717, 1.165) is 24.7 Å². The summed E-state index contributed by atoms with van der Waals surface area (Å²) < 4.78 is 49.1. The van der Waals surface area contributed by atoms with Crippen LogP contribution >= 0.6 is 12.3 Å². The fraction of sp³-hybridized carbons (Fsp3) is 0.400. The average molecular weight is 293 g/mol. The summed E-state index contributed by atoms with van der Waals surface area (Å²) in [5, 5.41) is 0. The number of aromatic nitrogens is 3. The lowest BCUT2D eigenvalue weighted by Crippen LogP contribution is -2.08. The highest BCUT2D eigenvalue weighted by Crippen LogP contribution is 2.30. The molecule has 2 aromatic heterocycles. The van der Waals surface area contributed by atoms with E-state index in [1.54, 1.807) is 13.8 Å². The van der Waals surface area contributed by atoms with Crippen molar-refractivity contribution >= 4 is 18.0 Å². The third kappa shape index (κ3) is 2.92. The van der Waals surface area contributed by atoms with Crippen LogP contribution in [-0.2, 0) is 10.4 Å². The molecular formula is C10H10F3N3O2S. The van der Waals surface area contributed by atoms with Crippen LogP contribution in [0.5, 0.6) is 5.88 Å². The van der Waals surface area contributed by atoms with Crippen LogP contribution in [0.25, 0.3) is 5.65 Å². The molecule has 0 fully saturated rings. The van der Waals surface area contributed by atoms with Gasteiger partial charge in [0.1, 0.15) is 23.4 Å². The Balaban J connectivity index is 2.37. The number of alkyl halides is 3. The van der Waals surface area contributed by atoms with Crippen LogP contribution in [0.3, 0.4) is 0 Å². The standard InChI is InChI=1S/C10H10F3N3O2S/c1-3-17-19-18-9-6(2)15-8-4-7(10(11,12)13)14-5-16(8)9/h4-5H,3H2,1-2H3. The Morgan fingerprint density at radius 3 is 2.79 bits per heavy atom. The Labute approximate surface area is 111 Å². The summed E-state index contributed by atoms with van der Waals surface area (Å²) in [6, 6.07) is 0.866. The van der Waals surface area contributed by atoms with Crippen molar-refractivity contribution in [2.45, 2.75) is 20.0 Å². The van der Waals surface area contributed by atoms with Gasteiger partial charge in [0.2, 0.25) is 18.2 Å². The molecule has 0 N–H and O–H groups in total. The number of nitrogens with zero attached hydrogens (tertiary/aromatic N) is 3. The Morgan fingerprint density at radius 2 is 2.16 bits per heavy atom. The van der Waals surface area contributed by atoms with E-state index in [9.17, 15) is 13.2 Å². The minimum absolute atomic E-state index is 0.118. The van der Waals surface area contributed by atoms with Crippen LogP contribution < -0.4 is 4.18 Å². The highest BCUT2D eigenvalue weighted by Gasteiger charge is 2.33. The first kappa shape index (κ1) is 13.9. The molecule has 0 saturated carbocycles. The second kappa shape index (κ2) is 5.25. The zero-order chi connectivity index (χ0) is 14.0. The molecule has 0 radical (unpaired) electrons. The molecule has 0 amide bonds. The number of hydrogen-bond donors (Lipinski definition) is 0. The van der Waals surface area contributed by atoms with E-state index in [1.807, 2.05) is 0 Å². The van der Waals surface area contributed by atoms with Gasteiger partial charge in [-0.2, -0.15) is 13.2 Å². The largest absolute Gasteiger partial charge is 0.433 e. The third-order valence-corrected chi connectivity index (χ3v) is 2.76. The Morgan fingerprint density at radius 1 is 1.42 bits per heavy atom. The van der Waals surface area contributed by atoms with Crippen LogP contribution in [0.4, 0.5) is 13.2 Å². The lowest BCUT2D eigenvalue weighted by Gasteiger charge is -2.06. The molecule has 0 unspecified atom stereocenters. The van der Waals surface area contributed by atoms with Crippen LogP contribution in [0.15, 0.2) is 12.4 Å². The molecule has 19 heavy (non-hydrogen) atoms. The Hall–Kier alpha value is -1.48. The number of aryl methyl sites for hydroxylation is 1. The number of hydrogen-bond acceptors (Lipinski definition) is 5. The molecule has 104 valence electrons. The SMILES string of the molecule is CCOSOc1c(C)nc2cc(C(F)(F)F)ncn12. The second-order valence-corrected chi connectivity index (χ2v) is 4.10. The van der Waals surface area contributed by atoms with Crippen molar-refractivity contribution < 1.29 is 21.5 Å². The lowest BCUT2D eigenvalue weighted by atomic mass is 10.4. The highest BCUT2D eigenvalue weighted by molar-refractivity contribution is 7.90. The maximum absolute atomic E-state index is 12.5. The summed E-state index contributed by atoms with van der Waals surface area (Å²) in [4.78, 5) is 7.34. The fourth-order valence-electron chi connectivity index (χ4n) is 1.40. The fourth-order valence-corrected chi connectivity index (χ4v) is 1.81. The molecule has 0 saturated heterocycles. The van der Waals surface area contributed by atoms with Gasteiger partial charge in [-0.15, -0.1) is 0 Å². The molecule has 2 aromatic rings. The van der Waals surface area contributed by atoms with Gasteiger partial charge < -0.3 is 4.18 Å². The first-order valence-corrected chi connectivity index (χ1v) is 5.98. The summed E-state index contributed by atoms with van der Waals surface area (Å²) in [6.07, 6.45) is -3.47. The number of imidazole rings is 1. The van der Waals surface area contributed by atoms with E-state index in [-0.39, 0.29) is 11.5 Å². The summed E-state index contributed by atoms with van der Waals surface area (Å²) >= 11 is 0.739. The molecule has 0 aliphatic carbocycles.